The number of hydrogen-bond acceptors (Lipinski definition) is 3. The predicted molar refractivity (Wildman–Crippen MR) is 64.7 cm³/mol. The number of benzene rings is 1. The average molecular weight is 238 g/mol. The predicted octanol–water partition coefficient (Wildman–Crippen LogP) is 2.13. The van der Waals surface area contributed by atoms with Crippen molar-refractivity contribution in [1.82, 2.24) is 0 Å². The number of carbonyl (C=O) groups is 1. The summed E-state index contributed by atoms with van der Waals surface area (Å²) in [6.07, 6.45) is 0. The van der Waals surface area contributed by atoms with Crippen LogP contribution in [0.15, 0.2) is 12.1 Å². The molecule has 0 aromatic heterocycles. The van der Waals surface area contributed by atoms with Crippen molar-refractivity contribution in [2.45, 2.75) is 19.8 Å². The van der Waals surface area contributed by atoms with Gasteiger partial charge in [-0.15, -0.1) is 0 Å². The molecule has 0 aliphatic heterocycles. The number of ether oxygens (including phenoxy) is 2. The molecule has 1 N–H and O–H groups in total. The lowest BCUT2D eigenvalue weighted by atomic mass is 9.95. The summed E-state index contributed by atoms with van der Waals surface area (Å²) >= 11 is 0. The van der Waals surface area contributed by atoms with E-state index in [9.17, 15) is 4.79 Å². The van der Waals surface area contributed by atoms with Crippen LogP contribution in [0.2, 0.25) is 0 Å². The van der Waals surface area contributed by atoms with Gasteiger partial charge in [-0.1, -0.05) is 12.1 Å². The third-order valence-electron chi connectivity index (χ3n) is 2.72. The molecule has 0 radical (unpaired) electrons. The highest BCUT2D eigenvalue weighted by Crippen LogP contribution is 2.28. The van der Waals surface area contributed by atoms with Gasteiger partial charge in [-0.05, 0) is 30.5 Å². The summed E-state index contributed by atoms with van der Waals surface area (Å²) < 4.78 is 10.2. The highest BCUT2D eigenvalue weighted by atomic mass is 16.5. The highest BCUT2D eigenvalue weighted by molar-refractivity contribution is 5.76. The second kappa shape index (κ2) is 5.68. The maximum absolute atomic E-state index is 11.2. The summed E-state index contributed by atoms with van der Waals surface area (Å²) in [7, 11) is 3.11. The quantitative estimate of drug-likeness (QED) is 0.853. The largest absolute Gasteiger partial charge is 0.496 e. The first-order valence-electron chi connectivity index (χ1n) is 5.38. The van der Waals surface area contributed by atoms with Gasteiger partial charge in [0.2, 0.25) is 0 Å². The number of methoxy groups -OCH3 is 2. The van der Waals surface area contributed by atoms with Crippen molar-refractivity contribution in [3.8, 4) is 5.75 Å². The van der Waals surface area contributed by atoms with Gasteiger partial charge >= 0.3 is 5.97 Å². The zero-order valence-electron chi connectivity index (χ0n) is 10.6. The monoisotopic (exact) mass is 238 g/mol. The van der Waals surface area contributed by atoms with Crippen LogP contribution in [0.1, 0.15) is 22.6 Å². The summed E-state index contributed by atoms with van der Waals surface area (Å²) in [6.45, 7) is 3.97. The number of carboxylic acids is 1. The summed E-state index contributed by atoms with van der Waals surface area (Å²) in [5, 5.41) is 9.15. The molecule has 0 saturated heterocycles. The fourth-order valence-electron chi connectivity index (χ4n) is 1.98. The minimum absolute atomic E-state index is 0.167. The Morgan fingerprint density at radius 1 is 1.29 bits per heavy atom. The van der Waals surface area contributed by atoms with Gasteiger partial charge in [-0.2, -0.15) is 0 Å². The van der Waals surface area contributed by atoms with Gasteiger partial charge in [-0.25, -0.2) is 0 Å². The zero-order valence-corrected chi connectivity index (χ0v) is 10.6. The molecule has 0 amide bonds. The van der Waals surface area contributed by atoms with Crippen molar-refractivity contribution in [1.29, 1.82) is 0 Å². The molecule has 94 valence electrons. The Kier molecular flexibility index (Phi) is 4.52. The molecule has 0 bridgehead atoms. The van der Waals surface area contributed by atoms with Crippen LogP contribution in [0.4, 0.5) is 0 Å². The van der Waals surface area contributed by atoms with Crippen LogP contribution >= 0.6 is 0 Å². The molecular formula is C13H18O4. The Labute approximate surface area is 101 Å². The molecule has 0 saturated carbocycles. The number of aliphatic carboxylic acids is 1. The van der Waals surface area contributed by atoms with Gasteiger partial charge in [0.25, 0.3) is 0 Å². The lowest BCUT2D eigenvalue weighted by Crippen LogP contribution is -2.17. The van der Waals surface area contributed by atoms with Crippen LogP contribution in [-0.2, 0) is 9.53 Å². The molecular weight excluding hydrogens is 220 g/mol. The fraction of sp³-hybridized carbons (Fsp3) is 0.462. The van der Waals surface area contributed by atoms with E-state index in [4.69, 9.17) is 14.6 Å². The van der Waals surface area contributed by atoms with Crippen molar-refractivity contribution >= 4 is 5.97 Å². The van der Waals surface area contributed by atoms with Crippen LogP contribution in [0, 0.1) is 13.8 Å². The molecule has 0 heterocycles. The molecule has 0 spiro atoms. The maximum Gasteiger partial charge on any atom is 0.313 e. The Bertz CT molecular complexity index is 389. The van der Waals surface area contributed by atoms with E-state index in [0.717, 1.165) is 22.4 Å². The third kappa shape index (κ3) is 2.97. The molecule has 4 heteroatoms. The Hall–Kier alpha value is -1.55. The molecule has 1 unspecified atom stereocenters. The lowest BCUT2D eigenvalue weighted by Gasteiger charge is -2.16. The van der Waals surface area contributed by atoms with Crippen molar-refractivity contribution in [3.05, 3.63) is 28.8 Å². The van der Waals surface area contributed by atoms with Gasteiger partial charge in [-0.3, -0.25) is 4.79 Å². The van der Waals surface area contributed by atoms with Crippen molar-refractivity contribution in [2.75, 3.05) is 20.8 Å². The zero-order chi connectivity index (χ0) is 13.0. The van der Waals surface area contributed by atoms with Crippen molar-refractivity contribution in [3.63, 3.8) is 0 Å². The molecule has 4 nitrogen and oxygen atoms in total. The van der Waals surface area contributed by atoms with Crippen LogP contribution < -0.4 is 4.74 Å². The van der Waals surface area contributed by atoms with Gasteiger partial charge in [0.1, 0.15) is 11.7 Å². The van der Waals surface area contributed by atoms with E-state index < -0.39 is 11.9 Å². The molecule has 0 aliphatic carbocycles. The van der Waals surface area contributed by atoms with E-state index in [-0.39, 0.29) is 6.61 Å². The minimum Gasteiger partial charge on any atom is -0.496 e. The maximum atomic E-state index is 11.2. The van der Waals surface area contributed by atoms with E-state index in [2.05, 4.69) is 0 Å². The van der Waals surface area contributed by atoms with Crippen LogP contribution in [0.5, 0.6) is 5.75 Å². The molecule has 1 aromatic rings. The number of rotatable bonds is 5. The topological polar surface area (TPSA) is 55.8 Å². The van der Waals surface area contributed by atoms with E-state index >= 15 is 0 Å². The van der Waals surface area contributed by atoms with E-state index in [1.807, 2.05) is 26.0 Å². The molecule has 1 atom stereocenters. The normalized spacial score (nSPS) is 12.2. The van der Waals surface area contributed by atoms with Gasteiger partial charge < -0.3 is 14.6 Å². The second-order valence-corrected chi connectivity index (χ2v) is 4.03. The summed E-state index contributed by atoms with van der Waals surface area (Å²) in [5.41, 5.74) is 2.62. The van der Waals surface area contributed by atoms with Gasteiger partial charge in [0.15, 0.2) is 0 Å². The van der Waals surface area contributed by atoms with Crippen molar-refractivity contribution < 1.29 is 19.4 Å². The first-order chi connectivity index (χ1) is 8.01. The molecule has 1 aromatic carbocycles. The van der Waals surface area contributed by atoms with Gasteiger partial charge in [0.05, 0.1) is 13.7 Å². The number of hydrogen-bond donors (Lipinski definition) is 1. The third-order valence-corrected chi connectivity index (χ3v) is 2.72. The van der Waals surface area contributed by atoms with E-state index in [1.54, 1.807) is 7.11 Å². The standard InChI is InChI=1S/C13H18O4/c1-8-5-10(6-9(2)12(8)17-4)11(7-16-3)13(14)15/h5-6,11H,7H2,1-4H3,(H,14,15). The summed E-state index contributed by atoms with van der Waals surface area (Å²) in [5.74, 6) is -0.713. The van der Waals surface area contributed by atoms with E-state index in [1.165, 1.54) is 7.11 Å². The molecule has 17 heavy (non-hydrogen) atoms. The smallest absolute Gasteiger partial charge is 0.313 e. The van der Waals surface area contributed by atoms with Crippen molar-refractivity contribution in [2.24, 2.45) is 0 Å². The Balaban J connectivity index is 3.17. The Morgan fingerprint density at radius 2 is 1.82 bits per heavy atom. The van der Waals surface area contributed by atoms with Crippen LogP contribution in [0.25, 0.3) is 0 Å². The minimum atomic E-state index is -0.879. The van der Waals surface area contributed by atoms with Gasteiger partial charge in [0, 0.05) is 7.11 Å². The number of aryl methyl sites for hydroxylation is 2. The molecule has 0 fully saturated rings. The van der Waals surface area contributed by atoms with Crippen LogP contribution in [0.3, 0.4) is 0 Å². The lowest BCUT2D eigenvalue weighted by molar-refractivity contribution is -0.140. The average Bonchev–Trinajstić information content (AvgIpc) is 2.24. The first-order valence-corrected chi connectivity index (χ1v) is 5.38. The second-order valence-electron chi connectivity index (χ2n) is 4.03. The fourth-order valence-corrected chi connectivity index (χ4v) is 1.98. The highest BCUT2D eigenvalue weighted by Gasteiger charge is 2.21. The van der Waals surface area contributed by atoms with Crippen LogP contribution in [-0.4, -0.2) is 31.9 Å². The Morgan fingerprint density at radius 3 is 2.18 bits per heavy atom. The SMILES string of the molecule is COCC(C(=O)O)c1cc(C)c(OC)c(C)c1. The molecule has 1 rings (SSSR count). The number of carboxylic acid groups (broad SMARTS) is 1. The van der Waals surface area contributed by atoms with E-state index in [0.29, 0.717) is 0 Å². The molecule has 0 aliphatic rings. The summed E-state index contributed by atoms with van der Waals surface area (Å²) in [6, 6.07) is 3.67. The summed E-state index contributed by atoms with van der Waals surface area (Å²) in [4.78, 5) is 11.2. The first kappa shape index (κ1) is 13.5.